The van der Waals surface area contributed by atoms with Crippen LogP contribution < -0.4 is 5.32 Å². The molecule has 0 aromatic carbocycles. The van der Waals surface area contributed by atoms with Gasteiger partial charge in [0.15, 0.2) is 0 Å². The molecule has 1 N–H and O–H groups in total. The van der Waals surface area contributed by atoms with Crippen molar-refractivity contribution in [1.29, 1.82) is 0 Å². The first-order valence-corrected chi connectivity index (χ1v) is 10.5. The number of imidazole rings is 1. The van der Waals surface area contributed by atoms with Crippen molar-refractivity contribution >= 4 is 42.7 Å². The first-order valence-electron chi connectivity index (χ1n) is 10.5. The quantitative estimate of drug-likeness (QED) is 0.668. The van der Waals surface area contributed by atoms with Crippen LogP contribution in [0.4, 0.5) is 4.79 Å². The molecule has 3 aliphatic rings. The number of amides is 4. The van der Waals surface area contributed by atoms with Crippen molar-refractivity contribution in [2.45, 2.75) is 45.2 Å². The fraction of sp³-hybridized carbons (Fsp3) is 0.700. The van der Waals surface area contributed by atoms with Gasteiger partial charge in [-0.1, -0.05) is 13.8 Å². The standard InChI is InChI=1S/C20H30N6O3.2ClH/c1-14(2)12-26-19(29)23(3)18(28)20(26)5-9-24(10-6-20)17(27)15-13-25-11-8-21-7-4-16(25)22-15;;/h13-14,21H,4-12H2,1-3H3;2*1H. The Labute approximate surface area is 195 Å². The number of nitrogens with one attached hydrogen (secondary N) is 1. The van der Waals surface area contributed by atoms with Crippen LogP contribution in [0.2, 0.25) is 0 Å². The minimum atomic E-state index is -0.816. The molecule has 3 aliphatic heterocycles. The smallest absolute Gasteiger partial charge is 0.327 e. The molecule has 9 nitrogen and oxygen atoms in total. The number of rotatable bonds is 3. The maximum Gasteiger partial charge on any atom is 0.327 e. The number of likely N-dealkylation sites (N-methyl/N-ethyl adjacent to an activating group) is 1. The fourth-order valence-corrected chi connectivity index (χ4v) is 4.70. The number of carbonyl (C=O) groups excluding carboxylic acids is 3. The third kappa shape index (κ3) is 4.40. The third-order valence-corrected chi connectivity index (χ3v) is 6.30. The van der Waals surface area contributed by atoms with Crippen LogP contribution in [0, 0.1) is 5.92 Å². The summed E-state index contributed by atoms with van der Waals surface area (Å²) < 4.78 is 2.05. The van der Waals surface area contributed by atoms with Crippen LogP contribution in [0.1, 0.15) is 43.0 Å². The number of hydrogen-bond acceptors (Lipinski definition) is 5. The largest absolute Gasteiger partial charge is 0.337 e. The van der Waals surface area contributed by atoms with Crippen LogP contribution in [-0.2, 0) is 17.8 Å². The molecule has 0 bridgehead atoms. The zero-order valence-electron chi connectivity index (χ0n) is 18.3. The number of hydrogen-bond donors (Lipinski definition) is 1. The summed E-state index contributed by atoms with van der Waals surface area (Å²) in [4.78, 5) is 47.9. The molecular weight excluding hydrogens is 443 g/mol. The summed E-state index contributed by atoms with van der Waals surface area (Å²) in [5.74, 6) is 0.976. The maximum atomic E-state index is 13.0. The molecule has 0 aliphatic carbocycles. The van der Waals surface area contributed by atoms with Crippen molar-refractivity contribution < 1.29 is 14.4 Å². The van der Waals surface area contributed by atoms with Gasteiger partial charge in [-0.2, -0.15) is 0 Å². The van der Waals surface area contributed by atoms with Gasteiger partial charge in [-0.25, -0.2) is 9.78 Å². The van der Waals surface area contributed by atoms with Gasteiger partial charge in [-0.05, 0) is 18.8 Å². The molecule has 0 saturated carbocycles. The van der Waals surface area contributed by atoms with E-state index in [2.05, 4.69) is 14.9 Å². The number of carbonyl (C=O) groups is 3. The normalized spacial score (nSPS) is 20.5. The Balaban J connectivity index is 0.00000171. The van der Waals surface area contributed by atoms with Crippen molar-refractivity contribution in [2.75, 3.05) is 39.8 Å². The number of piperidine rings is 1. The van der Waals surface area contributed by atoms with Gasteiger partial charge in [0, 0.05) is 58.9 Å². The average molecular weight is 475 g/mol. The number of urea groups is 1. The lowest BCUT2D eigenvalue weighted by Gasteiger charge is -2.42. The molecule has 4 rings (SSSR count). The molecule has 31 heavy (non-hydrogen) atoms. The third-order valence-electron chi connectivity index (χ3n) is 6.30. The van der Waals surface area contributed by atoms with Crippen LogP contribution in [0.5, 0.6) is 0 Å². The molecule has 11 heteroatoms. The highest BCUT2D eigenvalue weighted by Gasteiger charge is 2.57. The lowest BCUT2D eigenvalue weighted by molar-refractivity contribution is -0.134. The Morgan fingerprint density at radius 3 is 2.48 bits per heavy atom. The van der Waals surface area contributed by atoms with Crippen LogP contribution in [0.25, 0.3) is 0 Å². The molecule has 174 valence electrons. The number of nitrogens with zero attached hydrogens (tertiary/aromatic N) is 5. The molecular formula is C20H32Cl2N6O3. The summed E-state index contributed by atoms with van der Waals surface area (Å²) in [6, 6.07) is -0.227. The zero-order valence-corrected chi connectivity index (χ0v) is 19.9. The van der Waals surface area contributed by atoms with E-state index < -0.39 is 5.54 Å². The summed E-state index contributed by atoms with van der Waals surface area (Å²) in [5.41, 5.74) is -0.341. The lowest BCUT2D eigenvalue weighted by atomic mass is 9.85. The van der Waals surface area contributed by atoms with E-state index in [9.17, 15) is 14.4 Å². The molecule has 2 saturated heterocycles. The maximum absolute atomic E-state index is 13.0. The highest BCUT2D eigenvalue weighted by atomic mass is 35.5. The van der Waals surface area contributed by atoms with Gasteiger partial charge in [0.2, 0.25) is 0 Å². The first kappa shape index (κ1) is 25.4. The summed E-state index contributed by atoms with van der Waals surface area (Å²) in [5, 5.41) is 3.32. The van der Waals surface area contributed by atoms with Gasteiger partial charge >= 0.3 is 6.03 Å². The molecule has 1 aromatic rings. The molecule has 1 spiro atoms. The highest BCUT2D eigenvalue weighted by molar-refractivity contribution is 6.07. The Hall–Kier alpha value is -1.84. The van der Waals surface area contributed by atoms with Gasteiger partial charge in [-0.15, -0.1) is 24.8 Å². The Bertz CT molecular complexity index is 811. The number of fused-ring (bicyclic) bond motifs is 1. The SMILES string of the molecule is CC(C)CN1C(=O)N(C)C(=O)C12CCN(C(=O)c1cn3c(n1)CCNCC3)CC2.Cl.Cl. The van der Waals surface area contributed by atoms with Crippen LogP contribution in [-0.4, -0.2) is 87.4 Å². The Morgan fingerprint density at radius 2 is 1.84 bits per heavy atom. The van der Waals surface area contributed by atoms with Crippen molar-refractivity contribution in [2.24, 2.45) is 5.92 Å². The number of aromatic nitrogens is 2. The fourth-order valence-electron chi connectivity index (χ4n) is 4.70. The summed E-state index contributed by atoms with van der Waals surface area (Å²) in [6.45, 7) is 8.08. The second kappa shape index (κ2) is 9.75. The molecule has 2 fully saturated rings. The van der Waals surface area contributed by atoms with Gasteiger partial charge in [0.25, 0.3) is 11.8 Å². The van der Waals surface area contributed by atoms with Crippen molar-refractivity contribution in [1.82, 2.24) is 29.6 Å². The second-order valence-electron chi connectivity index (χ2n) is 8.71. The predicted octanol–water partition coefficient (Wildman–Crippen LogP) is 1.40. The van der Waals surface area contributed by atoms with E-state index in [-0.39, 0.29) is 48.6 Å². The molecule has 0 unspecified atom stereocenters. The van der Waals surface area contributed by atoms with E-state index in [1.54, 1.807) is 16.8 Å². The van der Waals surface area contributed by atoms with Gasteiger partial charge in [0.05, 0.1) is 0 Å². The topological polar surface area (TPSA) is 90.8 Å². The van der Waals surface area contributed by atoms with Crippen LogP contribution >= 0.6 is 24.8 Å². The van der Waals surface area contributed by atoms with Gasteiger partial charge in [0.1, 0.15) is 17.1 Å². The van der Waals surface area contributed by atoms with E-state index in [1.807, 2.05) is 20.0 Å². The average Bonchev–Trinajstić information content (AvgIpc) is 3.07. The summed E-state index contributed by atoms with van der Waals surface area (Å²) in [7, 11) is 1.55. The van der Waals surface area contributed by atoms with Crippen molar-refractivity contribution in [3.05, 3.63) is 17.7 Å². The first-order chi connectivity index (χ1) is 13.8. The van der Waals surface area contributed by atoms with E-state index in [1.165, 1.54) is 4.90 Å². The molecule has 4 amide bonds. The molecule has 1 aromatic heterocycles. The predicted molar refractivity (Wildman–Crippen MR) is 121 cm³/mol. The van der Waals surface area contributed by atoms with E-state index in [0.717, 1.165) is 31.9 Å². The minimum absolute atomic E-state index is 0. The van der Waals surface area contributed by atoms with E-state index in [0.29, 0.717) is 38.2 Å². The highest BCUT2D eigenvalue weighted by Crippen LogP contribution is 2.37. The Morgan fingerprint density at radius 1 is 1.16 bits per heavy atom. The van der Waals surface area contributed by atoms with Crippen molar-refractivity contribution in [3.8, 4) is 0 Å². The van der Waals surface area contributed by atoms with Gasteiger partial charge < -0.3 is 19.7 Å². The van der Waals surface area contributed by atoms with E-state index in [4.69, 9.17) is 0 Å². The molecule has 0 radical (unpaired) electrons. The molecule has 4 heterocycles. The number of halogens is 2. The van der Waals surface area contributed by atoms with Crippen LogP contribution in [0.3, 0.4) is 0 Å². The van der Waals surface area contributed by atoms with Gasteiger partial charge in [-0.3, -0.25) is 14.5 Å². The summed E-state index contributed by atoms with van der Waals surface area (Å²) >= 11 is 0. The Kier molecular flexibility index (Phi) is 7.99. The monoisotopic (exact) mass is 474 g/mol. The van der Waals surface area contributed by atoms with Crippen LogP contribution in [0.15, 0.2) is 6.20 Å². The zero-order chi connectivity index (χ0) is 20.8. The number of likely N-dealkylation sites (tertiary alicyclic amines) is 1. The number of imide groups is 1. The second-order valence-corrected chi connectivity index (χ2v) is 8.71. The minimum Gasteiger partial charge on any atom is -0.337 e. The van der Waals surface area contributed by atoms with E-state index >= 15 is 0 Å². The van der Waals surface area contributed by atoms with Crippen molar-refractivity contribution in [3.63, 3.8) is 0 Å². The lowest BCUT2D eigenvalue weighted by Crippen LogP contribution is -2.58. The molecule has 0 atom stereocenters. The summed E-state index contributed by atoms with van der Waals surface area (Å²) in [6.07, 6.45) is 3.59.